The summed E-state index contributed by atoms with van der Waals surface area (Å²) in [5.41, 5.74) is 1.63. The van der Waals surface area contributed by atoms with Crippen LogP contribution in [0.2, 0.25) is 5.02 Å². The Kier molecular flexibility index (Phi) is 3.91. The molecule has 0 aromatic heterocycles. The molecule has 0 amide bonds. The van der Waals surface area contributed by atoms with Crippen LogP contribution in [0, 0.1) is 11.3 Å². The first-order valence-electron chi connectivity index (χ1n) is 6.23. The molecule has 0 bridgehead atoms. The summed E-state index contributed by atoms with van der Waals surface area (Å²) in [6, 6.07) is 8.51. The highest BCUT2D eigenvalue weighted by Crippen LogP contribution is 2.32. The molecule has 90 valence electrons. The van der Waals surface area contributed by atoms with Gasteiger partial charge in [0.25, 0.3) is 0 Å². The predicted octanol–water partition coefficient (Wildman–Crippen LogP) is 3.98. The van der Waals surface area contributed by atoms with Crippen LogP contribution in [0.4, 0.5) is 5.69 Å². The summed E-state index contributed by atoms with van der Waals surface area (Å²) in [5.74, 6) is 0. The minimum atomic E-state index is 0.550. The Hall–Kier alpha value is -1.20. The first kappa shape index (κ1) is 12.3. The molecular weight excluding hydrogens is 232 g/mol. The molecule has 1 aliphatic heterocycles. The number of nitriles is 1. The van der Waals surface area contributed by atoms with Crippen molar-refractivity contribution in [3.63, 3.8) is 0 Å². The van der Waals surface area contributed by atoms with Gasteiger partial charge in [0, 0.05) is 12.6 Å². The summed E-state index contributed by atoms with van der Waals surface area (Å²) in [4.78, 5) is 2.36. The molecule has 1 aromatic rings. The number of anilines is 1. The number of piperidine rings is 1. The lowest BCUT2D eigenvalue weighted by Crippen LogP contribution is -2.39. The first-order valence-corrected chi connectivity index (χ1v) is 6.61. The van der Waals surface area contributed by atoms with Crippen LogP contribution >= 0.6 is 11.6 Å². The highest BCUT2D eigenvalue weighted by molar-refractivity contribution is 6.32. The van der Waals surface area contributed by atoms with E-state index in [1.165, 1.54) is 19.3 Å². The summed E-state index contributed by atoms with van der Waals surface area (Å²) in [6.07, 6.45) is 4.83. The van der Waals surface area contributed by atoms with Crippen molar-refractivity contribution in [3.8, 4) is 6.07 Å². The average Bonchev–Trinajstić information content (AvgIpc) is 2.38. The van der Waals surface area contributed by atoms with Gasteiger partial charge in [0.2, 0.25) is 0 Å². The molecule has 0 saturated carbocycles. The van der Waals surface area contributed by atoms with Crippen molar-refractivity contribution in [3.05, 3.63) is 28.8 Å². The molecular formula is C14H17ClN2. The Morgan fingerprint density at radius 1 is 1.47 bits per heavy atom. The van der Waals surface area contributed by atoms with Gasteiger partial charge in [-0.15, -0.1) is 0 Å². The molecule has 0 N–H and O–H groups in total. The van der Waals surface area contributed by atoms with Crippen LogP contribution in [-0.4, -0.2) is 12.6 Å². The van der Waals surface area contributed by atoms with Gasteiger partial charge >= 0.3 is 0 Å². The van der Waals surface area contributed by atoms with Gasteiger partial charge in [0.15, 0.2) is 0 Å². The molecule has 2 rings (SSSR count). The summed E-state index contributed by atoms with van der Waals surface area (Å²) >= 11 is 6.09. The van der Waals surface area contributed by atoms with Gasteiger partial charge in [-0.25, -0.2) is 0 Å². The summed E-state index contributed by atoms with van der Waals surface area (Å²) in [6.45, 7) is 3.24. The molecule has 1 aliphatic rings. The maximum atomic E-state index is 9.23. The molecule has 0 spiro atoms. The summed E-state index contributed by atoms with van der Waals surface area (Å²) < 4.78 is 0. The monoisotopic (exact) mass is 248 g/mol. The third kappa shape index (κ3) is 2.40. The maximum absolute atomic E-state index is 9.23. The lowest BCUT2D eigenvalue weighted by molar-refractivity contribution is 0.450. The van der Waals surface area contributed by atoms with E-state index < -0.39 is 0 Å². The van der Waals surface area contributed by atoms with Crippen LogP contribution < -0.4 is 4.90 Å². The molecule has 1 aromatic carbocycles. The van der Waals surface area contributed by atoms with Crippen molar-refractivity contribution in [2.45, 2.75) is 38.6 Å². The van der Waals surface area contributed by atoms with E-state index in [0.29, 0.717) is 16.6 Å². The molecule has 2 nitrogen and oxygen atoms in total. The second kappa shape index (κ2) is 5.42. The van der Waals surface area contributed by atoms with Crippen LogP contribution in [0.25, 0.3) is 0 Å². The third-order valence-corrected chi connectivity index (χ3v) is 3.83. The van der Waals surface area contributed by atoms with Gasteiger partial charge in [-0.1, -0.05) is 24.6 Å². The van der Waals surface area contributed by atoms with E-state index in [4.69, 9.17) is 11.6 Å². The Morgan fingerprint density at radius 3 is 3.00 bits per heavy atom. The number of hydrogen-bond acceptors (Lipinski definition) is 2. The van der Waals surface area contributed by atoms with Crippen LogP contribution in [0.5, 0.6) is 0 Å². The van der Waals surface area contributed by atoms with Crippen molar-refractivity contribution in [1.82, 2.24) is 0 Å². The lowest BCUT2D eigenvalue weighted by atomic mass is 9.98. The van der Waals surface area contributed by atoms with Gasteiger partial charge < -0.3 is 4.90 Å². The molecule has 0 aliphatic carbocycles. The molecule has 1 atom stereocenters. The molecule has 0 radical (unpaired) electrons. The SMILES string of the molecule is CCC1CCCCN1c1cccc(Cl)c1C#N. The van der Waals surface area contributed by atoms with E-state index in [1.54, 1.807) is 6.07 Å². The number of halogens is 1. The zero-order valence-corrected chi connectivity index (χ0v) is 10.9. The van der Waals surface area contributed by atoms with E-state index in [1.807, 2.05) is 12.1 Å². The molecule has 1 heterocycles. The van der Waals surface area contributed by atoms with E-state index in [-0.39, 0.29) is 0 Å². The zero-order valence-electron chi connectivity index (χ0n) is 10.1. The Bertz CT molecular complexity index is 436. The normalized spacial score (nSPS) is 20.1. The van der Waals surface area contributed by atoms with Crippen molar-refractivity contribution in [2.75, 3.05) is 11.4 Å². The van der Waals surface area contributed by atoms with Gasteiger partial charge in [0.05, 0.1) is 16.3 Å². The van der Waals surface area contributed by atoms with E-state index in [2.05, 4.69) is 17.9 Å². The van der Waals surface area contributed by atoms with Crippen LogP contribution in [0.1, 0.15) is 38.2 Å². The highest BCUT2D eigenvalue weighted by Gasteiger charge is 2.23. The fourth-order valence-corrected chi connectivity index (χ4v) is 2.82. The maximum Gasteiger partial charge on any atom is 0.103 e. The van der Waals surface area contributed by atoms with E-state index in [0.717, 1.165) is 18.7 Å². The molecule has 1 fully saturated rings. The second-order valence-corrected chi connectivity index (χ2v) is 4.90. The lowest BCUT2D eigenvalue weighted by Gasteiger charge is -2.37. The van der Waals surface area contributed by atoms with Crippen LogP contribution in [-0.2, 0) is 0 Å². The predicted molar refractivity (Wildman–Crippen MR) is 71.4 cm³/mol. The van der Waals surface area contributed by atoms with Gasteiger partial charge in [-0.3, -0.25) is 0 Å². The summed E-state index contributed by atoms with van der Waals surface area (Å²) in [5, 5.41) is 9.79. The Morgan fingerprint density at radius 2 is 2.29 bits per heavy atom. The Balaban J connectivity index is 2.38. The minimum Gasteiger partial charge on any atom is -0.367 e. The van der Waals surface area contributed by atoms with Crippen molar-refractivity contribution < 1.29 is 0 Å². The summed E-state index contributed by atoms with van der Waals surface area (Å²) in [7, 11) is 0. The number of rotatable bonds is 2. The Labute approximate surface area is 108 Å². The van der Waals surface area contributed by atoms with Crippen LogP contribution in [0.15, 0.2) is 18.2 Å². The smallest absolute Gasteiger partial charge is 0.103 e. The number of benzene rings is 1. The average molecular weight is 249 g/mol. The number of hydrogen-bond donors (Lipinski definition) is 0. The molecule has 1 saturated heterocycles. The largest absolute Gasteiger partial charge is 0.367 e. The molecule has 1 unspecified atom stereocenters. The second-order valence-electron chi connectivity index (χ2n) is 4.50. The fraction of sp³-hybridized carbons (Fsp3) is 0.500. The van der Waals surface area contributed by atoms with E-state index in [9.17, 15) is 5.26 Å². The molecule has 3 heteroatoms. The number of nitrogens with zero attached hydrogens (tertiary/aromatic N) is 2. The van der Waals surface area contributed by atoms with Crippen molar-refractivity contribution in [2.24, 2.45) is 0 Å². The standard InChI is InChI=1S/C14H17ClN2/c1-2-11-6-3-4-9-17(11)14-8-5-7-13(15)12(14)10-16/h5,7-8,11H,2-4,6,9H2,1H3. The topological polar surface area (TPSA) is 27.0 Å². The zero-order chi connectivity index (χ0) is 12.3. The highest BCUT2D eigenvalue weighted by atomic mass is 35.5. The van der Waals surface area contributed by atoms with Crippen LogP contribution in [0.3, 0.4) is 0 Å². The van der Waals surface area contributed by atoms with Gasteiger partial charge in [0.1, 0.15) is 6.07 Å². The third-order valence-electron chi connectivity index (χ3n) is 3.51. The van der Waals surface area contributed by atoms with Gasteiger partial charge in [-0.2, -0.15) is 5.26 Å². The first-order chi connectivity index (χ1) is 8.27. The van der Waals surface area contributed by atoms with Crippen molar-refractivity contribution in [1.29, 1.82) is 5.26 Å². The minimum absolute atomic E-state index is 0.550. The van der Waals surface area contributed by atoms with Crippen molar-refractivity contribution >= 4 is 17.3 Å². The van der Waals surface area contributed by atoms with E-state index >= 15 is 0 Å². The fourth-order valence-electron chi connectivity index (χ4n) is 2.60. The molecule has 17 heavy (non-hydrogen) atoms. The quantitative estimate of drug-likeness (QED) is 0.792. The van der Waals surface area contributed by atoms with Gasteiger partial charge in [-0.05, 0) is 37.8 Å².